The van der Waals surface area contributed by atoms with Gasteiger partial charge in [0.05, 0.1) is 17.3 Å². The number of likely N-dealkylation sites (tertiary alicyclic amines) is 1. The van der Waals surface area contributed by atoms with Gasteiger partial charge in [-0.15, -0.1) is 0 Å². The molecule has 0 spiro atoms. The molecule has 1 saturated carbocycles. The predicted molar refractivity (Wildman–Crippen MR) is 75.1 cm³/mol. The molecule has 3 aliphatic rings. The summed E-state index contributed by atoms with van der Waals surface area (Å²) in [6, 6.07) is 0. The maximum absolute atomic E-state index is 12.6. The zero-order chi connectivity index (χ0) is 15.4. The fraction of sp³-hybridized carbons (Fsp3) is 0.688. The molecule has 4 unspecified atom stereocenters. The van der Waals surface area contributed by atoms with Crippen molar-refractivity contribution in [1.82, 2.24) is 4.90 Å². The standard InChI is InChI=1S/C16H21NO4/c1-3-16(4-2,15(20)21)8-17-13(18)11-9-5-6-10(7-9)12(11)14(17)19/h5-6,9-12H,3-4,7-8H2,1-2H3,(H,20,21). The molecule has 1 aliphatic heterocycles. The molecule has 0 radical (unpaired) electrons. The van der Waals surface area contributed by atoms with Crippen molar-refractivity contribution in [3.05, 3.63) is 12.2 Å². The van der Waals surface area contributed by atoms with Crippen molar-refractivity contribution in [2.45, 2.75) is 33.1 Å². The first-order chi connectivity index (χ1) is 9.95. The van der Waals surface area contributed by atoms with Crippen LogP contribution in [0.1, 0.15) is 33.1 Å². The van der Waals surface area contributed by atoms with Crippen LogP contribution in [0, 0.1) is 29.1 Å². The van der Waals surface area contributed by atoms with Gasteiger partial charge in [0.1, 0.15) is 0 Å². The van der Waals surface area contributed by atoms with Crippen molar-refractivity contribution < 1.29 is 19.5 Å². The maximum atomic E-state index is 12.6. The molecule has 2 aliphatic carbocycles. The van der Waals surface area contributed by atoms with E-state index in [1.54, 1.807) is 13.8 Å². The van der Waals surface area contributed by atoms with Gasteiger partial charge in [0.25, 0.3) is 0 Å². The van der Waals surface area contributed by atoms with Gasteiger partial charge in [0, 0.05) is 6.54 Å². The van der Waals surface area contributed by atoms with Crippen LogP contribution < -0.4 is 0 Å². The van der Waals surface area contributed by atoms with Crippen molar-refractivity contribution >= 4 is 17.8 Å². The molecular formula is C16H21NO4. The van der Waals surface area contributed by atoms with E-state index in [-0.39, 0.29) is 42.0 Å². The van der Waals surface area contributed by atoms with Gasteiger partial charge in [-0.3, -0.25) is 19.3 Å². The molecular weight excluding hydrogens is 270 g/mol. The highest BCUT2D eigenvalue weighted by atomic mass is 16.4. The predicted octanol–water partition coefficient (Wildman–Crippen LogP) is 1.68. The summed E-state index contributed by atoms with van der Waals surface area (Å²) >= 11 is 0. The average molecular weight is 291 g/mol. The number of fused-ring (bicyclic) bond motifs is 5. The summed E-state index contributed by atoms with van der Waals surface area (Å²) in [5.74, 6) is -1.39. The van der Waals surface area contributed by atoms with Gasteiger partial charge >= 0.3 is 5.97 Å². The van der Waals surface area contributed by atoms with E-state index in [0.29, 0.717) is 12.8 Å². The van der Waals surface area contributed by atoms with E-state index >= 15 is 0 Å². The highest BCUT2D eigenvalue weighted by Gasteiger charge is 2.60. The third-order valence-corrected chi connectivity index (χ3v) is 5.83. The Morgan fingerprint density at radius 3 is 2.05 bits per heavy atom. The third-order valence-electron chi connectivity index (χ3n) is 5.83. The highest BCUT2D eigenvalue weighted by Crippen LogP contribution is 2.53. The van der Waals surface area contributed by atoms with Crippen molar-refractivity contribution in [2.75, 3.05) is 6.54 Å². The molecule has 2 amide bonds. The number of imide groups is 1. The summed E-state index contributed by atoms with van der Waals surface area (Å²) in [5.41, 5.74) is -1.02. The van der Waals surface area contributed by atoms with E-state index in [1.165, 1.54) is 4.90 Å². The topological polar surface area (TPSA) is 74.7 Å². The number of rotatable bonds is 5. The van der Waals surface area contributed by atoms with Crippen LogP contribution in [0.5, 0.6) is 0 Å². The Kier molecular flexibility index (Phi) is 3.19. The number of carboxylic acids is 1. The Hall–Kier alpha value is -1.65. The van der Waals surface area contributed by atoms with Gasteiger partial charge in [-0.2, -0.15) is 0 Å². The first kappa shape index (κ1) is 14.3. The smallest absolute Gasteiger partial charge is 0.311 e. The first-order valence-corrected chi connectivity index (χ1v) is 7.72. The number of hydrogen-bond acceptors (Lipinski definition) is 3. The van der Waals surface area contributed by atoms with Gasteiger partial charge in [0.2, 0.25) is 11.8 Å². The number of aliphatic carboxylic acids is 1. The summed E-state index contributed by atoms with van der Waals surface area (Å²) < 4.78 is 0. The van der Waals surface area contributed by atoms with Crippen molar-refractivity contribution in [2.24, 2.45) is 29.1 Å². The Morgan fingerprint density at radius 2 is 1.67 bits per heavy atom. The number of hydrogen-bond donors (Lipinski definition) is 1. The lowest BCUT2D eigenvalue weighted by Crippen LogP contribution is -2.46. The van der Waals surface area contributed by atoms with Gasteiger partial charge in [0.15, 0.2) is 0 Å². The lowest BCUT2D eigenvalue weighted by atomic mass is 9.82. The monoisotopic (exact) mass is 291 g/mol. The van der Waals surface area contributed by atoms with Crippen LogP contribution >= 0.6 is 0 Å². The quantitative estimate of drug-likeness (QED) is 0.618. The zero-order valence-corrected chi connectivity index (χ0v) is 12.4. The number of carbonyl (C=O) groups is 3. The number of allylic oxidation sites excluding steroid dienone is 2. The molecule has 0 aromatic carbocycles. The minimum Gasteiger partial charge on any atom is -0.481 e. The summed E-state index contributed by atoms with van der Waals surface area (Å²) in [7, 11) is 0. The zero-order valence-electron chi connectivity index (χ0n) is 12.4. The maximum Gasteiger partial charge on any atom is 0.311 e. The van der Waals surface area contributed by atoms with E-state index in [0.717, 1.165) is 6.42 Å². The minimum absolute atomic E-state index is 0.0133. The van der Waals surface area contributed by atoms with Gasteiger partial charge in [-0.05, 0) is 31.1 Å². The van der Waals surface area contributed by atoms with E-state index < -0.39 is 11.4 Å². The van der Waals surface area contributed by atoms with E-state index in [1.807, 2.05) is 12.2 Å². The fourth-order valence-electron chi connectivity index (χ4n) is 4.27. The third kappa shape index (κ3) is 1.79. The van der Waals surface area contributed by atoms with E-state index in [4.69, 9.17) is 0 Å². The van der Waals surface area contributed by atoms with Crippen LogP contribution in [-0.2, 0) is 14.4 Å². The number of carbonyl (C=O) groups excluding carboxylic acids is 2. The Morgan fingerprint density at radius 1 is 1.19 bits per heavy atom. The molecule has 0 aromatic rings. The Labute approximate surface area is 124 Å². The number of carboxylic acid groups (broad SMARTS) is 1. The molecule has 5 nitrogen and oxygen atoms in total. The molecule has 2 bridgehead atoms. The van der Waals surface area contributed by atoms with Crippen LogP contribution in [0.4, 0.5) is 0 Å². The van der Waals surface area contributed by atoms with Crippen LogP contribution in [-0.4, -0.2) is 34.3 Å². The molecule has 1 saturated heterocycles. The second-order valence-electron chi connectivity index (χ2n) is 6.56. The lowest BCUT2D eigenvalue weighted by molar-refractivity contribution is -0.154. The molecule has 0 aromatic heterocycles. The van der Waals surface area contributed by atoms with Crippen molar-refractivity contribution in [3.63, 3.8) is 0 Å². The summed E-state index contributed by atoms with van der Waals surface area (Å²) in [6.45, 7) is 3.61. The number of nitrogens with zero attached hydrogens (tertiary/aromatic N) is 1. The molecule has 114 valence electrons. The van der Waals surface area contributed by atoms with Crippen molar-refractivity contribution in [1.29, 1.82) is 0 Å². The fourth-order valence-corrected chi connectivity index (χ4v) is 4.27. The van der Waals surface area contributed by atoms with Gasteiger partial charge < -0.3 is 5.11 Å². The average Bonchev–Trinajstić information content (AvgIpc) is 3.13. The SMILES string of the molecule is CCC(CC)(CN1C(=O)C2C3C=CC(C3)C2C1=O)C(=O)O. The molecule has 2 fully saturated rings. The second-order valence-corrected chi connectivity index (χ2v) is 6.56. The summed E-state index contributed by atoms with van der Waals surface area (Å²) in [5, 5.41) is 9.51. The van der Waals surface area contributed by atoms with Crippen molar-refractivity contribution in [3.8, 4) is 0 Å². The number of amides is 2. The van der Waals surface area contributed by atoms with E-state index in [2.05, 4.69) is 0 Å². The molecule has 21 heavy (non-hydrogen) atoms. The molecule has 4 atom stereocenters. The molecule has 1 N–H and O–H groups in total. The van der Waals surface area contributed by atoms with Gasteiger partial charge in [-0.1, -0.05) is 26.0 Å². The normalized spacial score (nSPS) is 33.9. The van der Waals surface area contributed by atoms with Crippen LogP contribution in [0.3, 0.4) is 0 Å². The largest absolute Gasteiger partial charge is 0.481 e. The second kappa shape index (κ2) is 4.68. The minimum atomic E-state index is -1.02. The first-order valence-electron chi connectivity index (χ1n) is 7.72. The summed E-state index contributed by atoms with van der Waals surface area (Å²) in [4.78, 5) is 38.0. The lowest BCUT2D eigenvalue weighted by Gasteiger charge is -2.31. The van der Waals surface area contributed by atoms with Crippen LogP contribution in [0.25, 0.3) is 0 Å². The summed E-state index contributed by atoms with van der Waals surface area (Å²) in [6.07, 6.45) is 5.81. The van der Waals surface area contributed by atoms with Crippen LogP contribution in [0.15, 0.2) is 12.2 Å². The Balaban J connectivity index is 1.86. The molecule has 3 rings (SSSR count). The van der Waals surface area contributed by atoms with Gasteiger partial charge in [-0.25, -0.2) is 0 Å². The highest BCUT2D eigenvalue weighted by molar-refractivity contribution is 6.06. The van der Waals surface area contributed by atoms with Crippen LogP contribution in [0.2, 0.25) is 0 Å². The Bertz CT molecular complexity index is 504. The molecule has 1 heterocycles. The van der Waals surface area contributed by atoms with E-state index in [9.17, 15) is 19.5 Å². The molecule has 5 heteroatoms.